The molecule has 1 aliphatic heterocycles. The standard InChI is InChI=1S/C12H13BrN2S/c13-9-3-1-2-4-10(9)15-12-14-7-11(16-12)8-5-6-8/h1-4,8,11H,5-7H2,(H,14,15). The molecule has 16 heavy (non-hydrogen) atoms. The predicted molar refractivity (Wildman–Crippen MR) is 74.2 cm³/mol. The highest BCUT2D eigenvalue weighted by Crippen LogP contribution is 2.42. The van der Waals surface area contributed by atoms with Gasteiger partial charge >= 0.3 is 0 Å². The van der Waals surface area contributed by atoms with Crippen LogP contribution in [0.25, 0.3) is 0 Å². The van der Waals surface area contributed by atoms with Crippen molar-refractivity contribution < 1.29 is 0 Å². The van der Waals surface area contributed by atoms with E-state index in [4.69, 9.17) is 0 Å². The number of amidine groups is 1. The lowest BCUT2D eigenvalue weighted by molar-refractivity contribution is 0.773. The highest BCUT2D eigenvalue weighted by atomic mass is 79.9. The van der Waals surface area contributed by atoms with Gasteiger partial charge in [0.05, 0.1) is 12.2 Å². The van der Waals surface area contributed by atoms with Gasteiger partial charge in [0.25, 0.3) is 0 Å². The molecule has 1 saturated carbocycles. The van der Waals surface area contributed by atoms with Crippen molar-refractivity contribution in [3.05, 3.63) is 28.7 Å². The van der Waals surface area contributed by atoms with Crippen LogP contribution in [-0.4, -0.2) is 17.0 Å². The third-order valence-corrected chi connectivity index (χ3v) is 4.92. The van der Waals surface area contributed by atoms with Gasteiger partial charge in [-0.25, -0.2) is 0 Å². The second kappa shape index (κ2) is 4.41. The van der Waals surface area contributed by atoms with Gasteiger partial charge in [-0.2, -0.15) is 0 Å². The van der Waals surface area contributed by atoms with Crippen molar-refractivity contribution >= 4 is 38.5 Å². The Hall–Kier alpha value is -0.480. The normalized spacial score (nSPS) is 24.3. The van der Waals surface area contributed by atoms with Crippen LogP contribution in [0.4, 0.5) is 5.69 Å². The average molecular weight is 297 g/mol. The molecule has 1 heterocycles. The van der Waals surface area contributed by atoms with Crippen LogP contribution in [-0.2, 0) is 0 Å². The quantitative estimate of drug-likeness (QED) is 0.899. The first-order valence-electron chi connectivity index (χ1n) is 5.55. The summed E-state index contributed by atoms with van der Waals surface area (Å²) in [6, 6.07) is 8.16. The van der Waals surface area contributed by atoms with E-state index in [1.807, 2.05) is 30.0 Å². The first-order valence-corrected chi connectivity index (χ1v) is 7.23. The van der Waals surface area contributed by atoms with E-state index in [9.17, 15) is 0 Å². The van der Waals surface area contributed by atoms with Gasteiger partial charge < -0.3 is 5.32 Å². The van der Waals surface area contributed by atoms with Crippen LogP contribution in [0.5, 0.6) is 0 Å². The fourth-order valence-corrected chi connectivity index (χ4v) is 3.45. The number of thioether (sulfide) groups is 1. The number of nitrogens with one attached hydrogen (secondary N) is 1. The number of rotatable bonds is 2. The van der Waals surface area contributed by atoms with E-state index in [0.29, 0.717) is 0 Å². The molecule has 0 amide bonds. The Morgan fingerprint density at radius 3 is 2.88 bits per heavy atom. The molecule has 3 rings (SSSR count). The molecule has 0 bridgehead atoms. The van der Waals surface area contributed by atoms with Crippen molar-refractivity contribution in [3.63, 3.8) is 0 Å². The summed E-state index contributed by atoms with van der Waals surface area (Å²) in [5, 5.41) is 5.19. The maximum Gasteiger partial charge on any atom is 0.161 e. The van der Waals surface area contributed by atoms with E-state index in [1.165, 1.54) is 12.8 Å². The zero-order valence-corrected chi connectivity index (χ0v) is 11.2. The Kier molecular flexibility index (Phi) is 2.94. The van der Waals surface area contributed by atoms with Crippen molar-refractivity contribution in [2.45, 2.75) is 18.1 Å². The molecule has 1 N–H and O–H groups in total. The van der Waals surface area contributed by atoms with E-state index in [1.54, 1.807) is 0 Å². The third kappa shape index (κ3) is 2.28. The summed E-state index contributed by atoms with van der Waals surface area (Å²) in [5.74, 6) is 0.923. The first-order chi connectivity index (χ1) is 7.83. The molecule has 1 aromatic rings. The largest absolute Gasteiger partial charge is 0.334 e. The topological polar surface area (TPSA) is 24.4 Å². The number of hydrogen-bond acceptors (Lipinski definition) is 3. The van der Waals surface area contributed by atoms with Gasteiger partial charge in [0.2, 0.25) is 0 Å². The monoisotopic (exact) mass is 296 g/mol. The Bertz CT molecular complexity index is 429. The molecule has 2 nitrogen and oxygen atoms in total. The number of hydrogen-bond donors (Lipinski definition) is 1. The summed E-state index contributed by atoms with van der Waals surface area (Å²) < 4.78 is 1.09. The van der Waals surface area contributed by atoms with Crippen LogP contribution in [0, 0.1) is 5.92 Å². The molecule has 0 spiro atoms. The zero-order valence-electron chi connectivity index (χ0n) is 8.82. The predicted octanol–water partition coefficient (Wildman–Crippen LogP) is 3.74. The fraction of sp³-hybridized carbons (Fsp3) is 0.417. The molecule has 0 saturated heterocycles. The maximum absolute atomic E-state index is 4.56. The van der Waals surface area contributed by atoms with Gasteiger partial charge in [-0.1, -0.05) is 23.9 Å². The van der Waals surface area contributed by atoms with Crippen LogP contribution in [0.1, 0.15) is 12.8 Å². The Morgan fingerprint density at radius 2 is 2.12 bits per heavy atom. The minimum Gasteiger partial charge on any atom is -0.334 e. The van der Waals surface area contributed by atoms with Crippen LogP contribution >= 0.6 is 27.7 Å². The van der Waals surface area contributed by atoms with Crippen molar-refractivity contribution in [2.75, 3.05) is 11.9 Å². The summed E-state index contributed by atoms with van der Waals surface area (Å²) in [5.41, 5.74) is 1.10. The molecule has 1 fully saturated rings. The summed E-state index contributed by atoms with van der Waals surface area (Å²) in [4.78, 5) is 4.56. The van der Waals surface area contributed by atoms with Gasteiger partial charge in [0.1, 0.15) is 0 Å². The molecule has 1 atom stereocenters. The number of benzene rings is 1. The SMILES string of the molecule is Brc1ccccc1NC1=NCC(C2CC2)S1. The molecule has 84 valence electrons. The van der Waals surface area contributed by atoms with Gasteiger partial charge in [-0.15, -0.1) is 0 Å². The molecular weight excluding hydrogens is 284 g/mol. The number of nitrogens with zero attached hydrogens (tertiary/aromatic N) is 1. The molecule has 0 aromatic heterocycles. The molecule has 2 aliphatic rings. The second-order valence-electron chi connectivity index (χ2n) is 4.24. The highest BCUT2D eigenvalue weighted by Gasteiger charge is 2.35. The van der Waals surface area contributed by atoms with Gasteiger partial charge in [0, 0.05) is 9.72 Å². The fourth-order valence-electron chi connectivity index (χ4n) is 1.85. The minimum absolute atomic E-state index is 0.727. The van der Waals surface area contributed by atoms with E-state index in [-0.39, 0.29) is 0 Å². The Balaban J connectivity index is 1.65. The van der Waals surface area contributed by atoms with Crippen LogP contribution < -0.4 is 5.32 Å². The van der Waals surface area contributed by atoms with Crippen LogP contribution in [0.3, 0.4) is 0 Å². The van der Waals surface area contributed by atoms with Gasteiger partial charge in [-0.3, -0.25) is 4.99 Å². The molecule has 4 heteroatoms. The molecule has 0 radical (unpaired) electrons. The Morgan fingerprint density at radius 1 is 1.31 bits per heavy atom. The molecule has 1 aromatic carbocycles. The van der Waals surface area contributed by atoms with E-state index in [0.717, 1.165) is 33.0 Å². The van der Waals surface area contributed by atoms with Crippen molar-refractivity contribution in [1.82, 2.24) is 0 Å². The number of halogens is 1. The lowest BCUT2D eigenvalue weighted by Crippen LogP contribution is -2.09. The second-order valence-corrected chi connectivity index (χ2v) is 6.33. The van der Waals surface area contributed by atoms with Crippen molar-refractivity contribution in [1.29, 1.82) is 0 Å². The zero-order chi connectivity index (χ0) is 11.0. The lowest BCUT2D eigenvalue weighted by atomic mass is 10.3. The van der Waals surface area contributed by atoms with E-state index < -0.39 is 0 Å². The van der Waals surface area contributed by atoms with Gasteiger partial charge in [-0.05, 0) is 46.8 Å². The first kappa shape index (κ1) is 10.7. The number of para-hydroxylation sites is 1. The summed E-state index contributed by atoms with van der Waals surface area (Å²) in [6.07, 6.45) is 2.80. The van der Waals surface area contributed by atoms with Crippen molar-refractivity contribution in [3.8, 4) is 0 Å². The van der Waals surface area contributed by atoms with Crippen LogP contribution in [0.15, 0.2) is 33.7 Å². The average Bonchev–Trinajstić information content (AvgIpc) is 3.03. The molecule has 1 aliphatic carbocycles. The number of anilines is 1. The Labute approximate surface area is 108 Å². The van der Waals surface area contributed by atoms with Crippen molar-refractivity contribution in [2.24, 2.45) is 10.9 Å². The molecular formula is C12H13BrN2S. The van der Waals surface area contributed by atoms with E-state index in [2.05, 4.69) is 32.3 Å². The third-order valence-electron chi connectivity index (χ3n) is 2.94. The highest BCUT2D eigenvalue weighted by molar-refractivity contribution is 9.10. The van der Waals surface area contributed by atoms with E-state index >= 15 is 0 Å². The summed E-state index contributed by atoms with van der Waals surface area (Å²) >= 11 is 5.44. The van der Waals surface area contributed by atoms with Crippen LogP contribution in [0.2, 0.25) is 0 Å². The molecule has 1 unspecified atom stereocenters. The van der Waals surface area contributed by atoms with Gasteiger partial charge in [0.15, 0.2) is 5.17 Å². The smallest absolute Gasteiger partial charge is 0.161 e. The lowest BCUT2D eigenvalue weighted by Gasteiger charge is -2.08. The maximum atomic E-state index is 4.56. The summed E-state index contributed by atoms with van der Waals surface area (Å²) in [6.45, 7) is 0.988. The minimum atomic E-state index is 0.727. The number of aliphatic imine (C=N–C) groups is 1. The summed E-state index contributed by atoms with van der Waals surface area (Å²) in [7, 11) is 0.